The Kier molecular flexibility index (Phi) is 5.43. The molecular formula is C14H14F3N3O2S. The van der Waals surface area contributed by atoms with E-state index >= 15 is 0 Å². The number of nitrogens with one attached hydrogen (secondary N) is 2. The fraction of sp³-hybridized carbons (Fsp3) is 0.286. The Labute approximate surface area is 134 Å². The number of aromatic nitrogens is 1. The number of rotatable bonds is 5. The predicted molar refractivity (Wildman–Crippen MR) is 79.0 cm³/mol. The first-order valence-electron chi connectivity index (χ1n) is 6.60. The van der Waals surface area contributed by atoms with E-state index in [9.17, 15) is 18.0 Å². The van der Waals surface area contributed by atoms with E-state index in [1.54, 1.807) is 12.4 Å². The van der Waals surface area contributed by atoms with Crippen LogP contribution in [0.15, 0.2) is 35.2 Å². The smallest absolute Gasteiger partial charge is 0.406 e. The minimum atomic E-state index is -4.72. The lowest BCUT2D eigenvalue weighted by atomic mass is 10.1. The number of carbonyl (C=O) groups excluding carboxylic acids is 1. The van der Waals surface area contributed by atoms with Gasteiger partial charge in [0, 0.05) is 5.38 Å². The molecule has 5 nitrogen and oxygen atoms in total. The maximum atomic E-state index is 12.1. The minimum Gasteiger partial charge on any atom is -0.406 e. The normalized spacial score (nSPS) is 12.5. The van der Waals surface area contributed by atoms with E-state index in [1.807, 2.05) is 5.38 Å². The molecule has 1 aromatic heterocycles. The number of alkyl halides is 3. The third-order valence-electron chi connectivity index (χ3n) is 2.87. The molecule has 0 aliphatic carbocycles. The number of amides is 2. The molecule has 0 aliphatic rings. The van der Waals surface area contributed by atoms with Crippen LogP contribution in [0.2, 0.25) is 0 Å². The maximum absolute atomic E-state index is 12.1. The number of halogens is 3. The zero-order valence-electron chi connectivity index (χ0n) is 12.1. The molecule has 0 saturated carbocycles. The second kappa shape index (κ2) is 7.32. The van der Waals surface area contributed by atoms with Gasteiger partial charge in [-0.05, 0) is 24.6 Å². The summed E-state index contributed by atoms with van der Waals surface area (Å²) in [5.41, 5.74) is 3.08. The number of carbonyl (C=O) groups is 1. The van der Waals surface area contributed by atoms with Crippen molar-refractivity contribution < 1.29 is 22.7 Å². The molecule has 2 rings (SSSR count). The number of hydrogen-bond acceptors (Lipinski definition) is 4. The summed E-state index contributed by atoms with van der Waals surface area (Å²) in [4.78, 5) is 15.8. The van der Waals surface area contributed by atoms with Crippen molar-refractivity contribution in [2.45, 2.75) is 25.9 Å². The minimum absolute atomic E-state index is 0.304. The Balaban J connectivity index is 1.84. The fourth-order valence-electron chi connectivity index (χ4n) is 1.78. The first kappa shape index (κ1) is 17.1. The van der Waals surface area contributed by atoms with Crippen LogP contribution in [-0.2, 0) is 6.54 Å². The average molecular weight is 345 g/mol. The predicted octanol–water partition coefficient (Wildman–Crippen LogP) is 3.60. The molecule has 1 heterocycles. The molecule has 9 heteroatoms. The van der Waals surface area contributed by atoms with Gasteiger partial charge in [-0.2, -0.15) is 0 Å². The van der Waals surface area contributed by atoms with Crippen LogP contribution in [-0.4, -0.2) is 17.4 Å². The third-order valence-corrected chi connectivity index (χ3v) is 3.51. The highest BCUT2D eigenvalue weighted by atomic mass is 32.1. The van der Waals surface area contributed by atoms with Crippen LogP contribution in [0.4, 0.5) is 18.0 Å². The summed E-state index contributed by atoms with van der Waals surface area (Å²) in [6, 6.07) is 4.58. The third kappa shape index (κ3) is 5.78. The van der Waals surface area contributed by atoms with Crippen LogP contribution in [0, 0.1) is 0 Å². The van der Waals surface area contributed by atoms with Crippen molar-refractivity contribution >= 4 is 17.4 Å². The van der Waals surface area contributed by atoms with Crippen LogP contribution in [0.1, 0.15) is 24.2 Å². The van der Waals surface area contributed by atoms with Crippen LogP contribution < -0.4 is 15.4 Å². The van der Waals surface area contributed by atoms with Gasteiger partial charge in [0.05, 0.1) is 23.8 Å². The van der Waals surface area contributed by atoms with Gasteiger partial charge < -0.3 is 15.4 Å². The molecule has 0 aliphatic heterocycles. The molecule has 0 radical (unpaired) electrons. The van der Waals surface area contributed by atoms with Crippen LogP contribution in [0.25, 0.3) is 0 Å². The van der Waals surface area contributed by atoms with E-state index < -0.39 is 6.36 Å². The van der Waals surface area contributed by atoms with Crippen LogP contribution in [0.3, 0.4) is 0 Å². The van der Waals surface area contributed by atoms with E-state index in [-0.39, 0.29) is 17.8 Å². The van der Waals surface area contributed by atoms with Crippen molar-refractivity contribution in [1.82, 2.24) is 15.6 Å². The Hall–Kier alpha value is -2.29. The number of urea groups is 1. The highest BCUT2D eigenvalue weighted by Gasteiger charge is 2.31. The Morgan fingerprint density at radius 1 is 1.35 bits per heavy atom. The first-order valence-corrected chi connectivity index (χ1v) is 7.55. The van der Waals surface area contributed by atoms with Gasteiger partial charge in [-0.3, -0.25) is 0 Å². The summed E-state index contributed by atoms with van der Waals surface area (Å²) in [5.74, 6) is -0.304. The van der Waals surface area contributed by atoms with Crippen molar-refractivity contribution in [3.63, 3.8) is 0 Å². The van der Waals surface area contributed by atoms with E-state index in [1.165, 1.54) is 35.6 Å². The molecule has 1 atom stereocenters. The van der Waals surface area contributed by atoms with Crippen LogP contribution >= 0.6 is 11.3 Å². The molecule has 23 heavy (non-hydrogen) atoms. The van der Waals surface area contributed by atoms with Crippen molar-refractivity contribution in [2.24, 2.45) is 0 Å². The molecule has 0 unspecified atom stereocenters. The van der Waals surface area contributed by atoms with Crippen molar-refractivity contribution in [3.05, 3.63) is 46.4 Å². The molecule has 0 spiro atoms. The largest absolute Gasteiger partial charge is 0.573 e. The van der Waals surface area contributed by atoms with Crippen molar-refractivity contribution in [3.8, 4) is 5.75 Å². The summed E-state index contributed by atoms with van der Waals surface area (Å²) in [5, 5.41) is 7.16. The Bertz CT molecular complexity index is 630. The molecule has 124 valence electrons. The second-order valence-corrected chi connectivity index (χ2v) is 5.36. The van der Waals surface area contributed by atoms with E-state index in [0.29, 0.717) is 12.1 Å². The van der Waals surface area contributed by atoms with Gasteiger partial charge in [-0.25, -0.2) is 9.78 Å². The molecule has 2 N–H and O–H groups in total. The van der Waals surface area contributed by atoms with Crippen molar-refractivity contribution in [1.29, 1.82) is 0 Å². The fourth-order valence-corrected chi connectivity index (χ4v) is 2.34. The van der Waals surface area contributed by atoms with Gasteiger partial charge in [0.25, 0.3) is 0 Å². The highest BCUT2D eigenvalue weighted by molar-refractivity contribution is 7.07. The summed E-state index contributed by atoms with van der Waals surface area (Å²) in [6.07, 6.45) is -4.72. The standard InChI is InChI=1S/C14H14F3N3O2S/c1-9(20-13(21)18-6-11-7-23-8-19-11)10-2-4-12(5-3-10)22-14(15,16)17/h2-5,7-9H,6H2,1H3,(H2,18,20,21)/t9-/m0/s1. The molecule has 1 aromatic carbocycles. The second-order valence-electron chi connectivity index (χ2n) is 4.65. The van der Waals surface area contributed by atoms with Gasteiger partial charge in [0.1, 0.15) is 5.75 Å². The zero-order valence-corrected chi connectivity index (χ0v) is 12.9. The molecule has 2 amide bonds. The number of thiazole rings is 1. The van der Waals surface area contributed by atoms with E-state index in [2.05, 4.69) is 20.4 Å². The quantitative estimate of drug-likeness (QED) is 0.870. The lowest BCUT2D eigenvalue weighted by Gasteiger charge is -2.15. The lowest BCUT2D eigenvalue weighted by molar-refractivity contribution is -0.274. The van der Waals surface area contributed by atoms with Gasteiger partial charge >= 0.3 is 12.4 Å². The molecule has 0 bridgehead atoms. The Morgan fingerprint density at radius 3 is 2.61 bits per heavy atom. The number of nitrogens with zero attached hydrogens (tertiary/aromatic N) is 1. The van der Waals surface area contributed by atoms with E-state index in [4.69, 9.17) is 0 Å². The number of ether oxygens (including phenoxy) is 1. The summed E-state index contributed by atoms with van der Waals surface area (Å²) in [7, 11) is 0. The van der Waals surface area contributed by atoms with Gasteiger partial charge in [-0.1, -0.05) is 12.1 Å². The SMILES string of the molecule is C[C@H](NC(=O)NCc1cscn1)c1ccc(OC(F)(F)F)cc1. The Morgan fingerprint density at radius 2 is 2.04 bits per heavy atom. The summed E-state index contributed by atoms with van der Waals surface area (Å²) >= 11 is 1.43. The number of benzene rings is 1. The van der Waals surface area contributed by atoms with Gasteiger partial charge in [0.15, 0.2) is 0 Å². The molecule has 2 aromatic rings. The van der Waals surface area contributed by atoms with Crippen LogP contribution in [0.5, 0.6) is 5.75 Å². The first-order chi connectivity index (χ1) is 10.8. The molecule has 0 saturated heterocycles. The lowest BCUT2D eigenvalue weighted by Crippen LogP contribution is -2.36. The maximum Gasteiger partial charge on any atom is 0.573 e. The topological polar surface area (TPSA) is 63.2 Å². The van der Waals surface area contributed by atoms with Gasteiger partial charge in [0.2, 0.25) is 0 Å². The summed E-state index contributed by atoms with van der Waals surface area (Å²) < 4.78 is 40.0. The zero-order chi connectivity index (χ0) is 16.9. The molecule has 0 fully saturated rings. The monoisotopic (exact) mass is 345 g/mol. The van der Waals surface area contributed by atoms with E-state index in [0.717, 1.165) is 5.69 Å². The molecular weight excluding hydrogens is 331 g/mol. The van der Waals surface area contributed by atoms with Gasteiger partial charge in [-0.15, -0.1) is 24.5 Å². The number of hydrogen-bond donors (Lipinski definition) is 2. The summed E-state index contributed by atoms with van der Waals surface area (Å²) in [6.45, 7) is 2.03. The highest BCUT2D eigenvalue weighted by Crippen LogP contribution is 2.24. The van der Waals surface area contributed by atoms with Crippen molar-refractivity contribution in [2.75, 3.05) is 0 Å². The average Bonchev–Trinajstić information content (AvgIpc) is 2.97.